The molecular weight excluding hydrogens is 449 g/mol. The second-order valence-corrected chi connectivity index (χ2v) is 8.25. The van der Waals surface area contributed by atoms with E-state index in [0.717, 1.165) is 22.4 Å². The molecule has 0 atom stereocenters. The van der Waals surface area contributed by atoms with Crippen molar-refractivity contribution in [1.29, 1.82) is 5.26 Å². The molecule has 0 unspecified atom stereocenters. The molecule has 0 saturated heterocycles. The Balaban J connectivity index is 1.67. The number of carbonyl (C=O) groups is 1. The van der Waals surface area contributed by atoms with Crippen molar-refractivity contribution in [3.8, 4) is 34.2 Å². The summed E-state index contributed by atoms with van der Waals surface area (Å²) in [6.45, 7) is 0. The maximum absolute atomic E-state index is 13.1. The summed E-state index contributed by atoms with van der Waals surface area (Å²) in [7, 11) is 1.61. The zero-order valence-electron chi connectivity index (χ0n) is 18.3. The van der Waals surface area contributed by atoms with E-state index in [4.69, 9.17) is 9.72 Å². The van der Waals surface area contributed by atoms with Gasteiger partial charge in [-0.3, -0.25) is 4.79 Å². The minimum absolute atomic E-state index is 0.0410. The van der Waals surface area contributed by atoms with E-state index in [1.54, 1.807) is 7.11 Å². The van der Waals surface area contributed by atoms with Crippen LogP contribution in [-0.2, 0) is 4.79 Å². The number of benzene rings is 3. The Morgan fingerprint density at radius 3 is 2.38 bits per heavy atom. The number of amides is 1. The van der Waals surface area contributed by atoms with E-state index in [9.17, 15) is 14.4 Å². The number of thioether (sulfide) groups is 1. The number of hydrogen-bond donors (Lipinski definition) is 1. The number of hydrogen-bond acceptors (Lipinski definition) is 5. The third-order valence-corrected chi connectivity index (χ3v) is 6.01. The number of nitriles is 1. The highest BCUT2D eigenvalue weighted by molar-refractivity contribution is 8.00. The molecule has 168 valence electrons. The van der Waals surface area contributed by atoms with Gasteiger partial charge in [0.15, 0.2) is 0 Å². The smallest absolute Gasteiger partial charge is 0.234 e. The second-order valence-electron chi connectivity index (χ2n) is 7.29. The summed E-state index contributed by atoms with van der Waals surface area (Å²) >= 11 is 1.18. The largest absolute Gasteiger partial charge is 0.497 e. The van der Waals surface area contributed by atoms with Gasteiger partial charge in [-0.05, 0) is 60.2 Å². The monoisotopic (exact) mass is 469 g/mol. The Bertz CT molecular complexity index is 1340. The Kier molecular flexibility index (Phi) is 7.21. The van der Waals surface area contributed by atoms with Crippen LogP contribution < -0.4 is 10.1 Å². The van der Waals surface area contributed by atoms with Gasteiger partial charge in [-0.25, -0.2) is 9.37 Å². The van der Waals surface area contributed by atoms with Crippen LogP contribution in [0, 0.1) is 17.1 Å². The predicted molar refractivity (Wildman–Crippen MR) is 132 cm³/mol. The molecule has 0 bridgehead atoms. The van der Waals surface area contributed by atoms with E-state index in [-0.39, 0.29) is 17.5 Å². The zero-order valence-corrected chi connectivity index (χ0v) is 19.1. The van der Waals surface area contributed by atoms with Gasteiger partial charge in [0.1, 0.15) is 22.7 Å². The first-order valence-electron chi connectivity index (χ1n) is 10.4. The van der Waals surface area contributed by atoms with E-state index in [1.807, 2.05) is 60.7 Å². The third kappa shape index (κ3) is 5.42. The fourth-order valence-electron chi connectivity index (χ4n) is 3.35. The van der Waals surface area contributed by atoms with Crippen molar-refractivity contribution in [3.63, 3.8) is 0 Å². The molecular formula is C27H20FN3O2S. The van der Waals surface area contributed by atoms with Gasteiger partial charge >= 0.3 is 0 Å². The number of anilines is 1. The standard InChI is InChI=1S/C27H20FN3O2S/c1-33-22-13-7-19(8-14-22)25-15-23(18-5-3-2-4-6-18)24(16-29)27(31-25)34-17-26(32)30-21-11-9-20(28)10-12-21/h2-15H,17H2,1H3,(H,30,32). The lowest BCUT2D eigenvalue weighted by Gasteiger charge is -2.13. The van der Waals surface area contributed by atoms with Crippen LogP contribution in [0.3, 0.4) is 0 Å². The highest BCUT2D eigenvalue weighted by atomic mass is 32.2. The molecule has 0 aliphatic carbocycles. The topological polar surface area (TPSA) is 75.0 Å². The van der Waals surface area contributed by atoms with Crippen molar-refractivity contribution in [2.75, 3.05) is 18.2 Å². The lowest BCUT2D eigenvalue weighted by Crippen LogP contribution is -2.14. The van der Waals surface area contributed by atoms with E-state index in [1.165, 1.54) is 36.0 Å². The van der Waals surface area contributed by atoms with Gasteiger partial charge in [-0.2, -0.15) is 5.26 Å². The average Bonchev–Trinajstić information content (AvgIpc) is 2.88. The van der Waals surface area contributed by atoms with Gasteiger partial charge in [-0.1, -0.05) is 42.1 Å². The minimum Gasteiger partial charge on any atom is -0.497 e. The lowest BCUT2D eigenvalue weighted by atomic mass is 9.99. The molecule has 4 rings (SSSR count). The summed E-state index contributed by atoms with van der Waals surface area (Å²) in [5, 5.41) is 13.2. The quantitative estimate of drug-likeness (QED) is 0.328. The van der Waals surface area contributed by atoms with Crippen LogP contribution in [0.2, 0.25) is 0 Å². The van der Waals surface area contributed by atoms with E-state index < -0.39 is 0 Å². The zero-order chi connectivity index (χ0) is 23.9. The minimum atomic E-state index is -0.376. The van der Waals surface area contributed by atoms with Crippen LogP contribution in [0.15, 0.2) is 90.0 Å². The number of nitrogens with one attached hydrogen (secondary N) is 1. The Labute approximate surface area is 201 Å². The van der Waals surface area contributed by atoms with Gasteiger partial charge in [0.2, 0.25) is 5.91 Å². The molecule has 0 radical (unpaired) electrons. The molecule has 1 aromatic heterocycles. The van der Waals surface area contributed by atoms with E-state index in [0.29, 0.717) is 22.0 Å². The number of methoxy groups -OCH3 is 1. The lowest BCUT2D eigenvalue weighted by molar-refractivity contribution is -0.113. The number of pyridine rings is 1. The van der Waals surface area contributed by atoms with Crippen molar-refractivity contribution >= 4 is 23.4 Å². The fourth-order valence-corrected chi connectivity index (χ4v) is 4.16. The Morgan fingerprint density at radius 1 is 1.03 bits per heavy atom. The van der Waals surface area contributed by atoms with Crippen LogP contribution in [0.4, 0.5) is 10.1 Å². The number of nitrogens with zero attached hydrogens (tertiary/aromatic N) is 2. The molecule has 1 N–H and O–H groups in total. The Morgan fingerprint density at radius 2 is 1.74 bits per heavy atom. The van der Waals surface area contributed by atoms with Crippen LogP contribution in [0.25, 0.3) is 22.4 Å². The first-order valence-corrected chi connectivity index (χ1v) is 11.4. The van der Waals surface area contributed by atoms with E-state index in [2.05, 4.69) is 11.4 Å². The van der Waals surface area contributed by atoms with Crippen LogP contribution in [0.1, 0.15) is 5.56 Å². The summed E-state index contributed by atoms with van der Waals surface area (Å²) in [5.74, 6) is 0.115. The summed E-state index contributed by atoms with van der Waals surface area (Å²) in [6.07, 6.45) is 0. The normalized spacial score (nSPS) is 10.4. The average molecular weight is 470 g/mol. The fraction of sp³-hybridized carbons (Fsp3) is 0.0741. The first kappa shape index (κ1) is 23.0. The molecule has 5 nitrogen and oxygen atoms in total. The van der Waals surface area contributed by atoms with Crippen LogP contribution >= 0.6 is 11.8 Å². The second kappa shape index (κ2) is 10.6. The van der Waals surface area contributed by atoms with Gasteiger partial charge in [0.05, 0.1) is 24.1 Å². The van der Waals surface area contributed by atoms with Crippen molar-refractivity contribution in [2.24, 2.45) is 0 Å². The van der Waals surface area contributed by atoms with Crippen molar-refractivity contribution in [2.45, 2.75) is 5.03 Å². The van der Waals surface area contributed by atoms with E-state index >= 15 is 0 Å². The first-order chi connectivity index (χ1) is 16.6. The summed E-state index contributed by atoms with van der Waals surface area (Å²) in [4.78, 5) is 17.2. The third-order valence-electron chi connectivity index (χ3n) is 5.04. The Hall–Kier alpha value is -4.15. The van der Waals surface area contributed by atoms with Crippen LogP contribution in [0.5, 0.6) is 5.75 Å². The van der Waals surface area contributed by atoms with Gasteiger partial charge in [-0.15, -0.1) is 0 Å². The molecule has 1 amide bonds. The molecule has 34 heavy (non-hydrogen) atoms. The number of ether oxygens (including phenoxy) is 1. The van der Waals surface area contributed by atoms with Crippen LogP contribution in [-0.4, -0.2) is 23.8 Å². The maximum Gasteiger partial charge on any atom is 0.234 e. The SMILES string of the molecule is COc1ccc(-c2cc(-c3ccccc3)c(C#N)c(SCC(=O)Nc3ccc(F)cc3)n2)cc1. The molecule has 7 heteroatoms. The van der Waals surface area contributed by atoms with Gasteiger partial charge in [0, 0.05) is 16.8 Å². The summed E-state index contributed by atoms with van der Waals surface area (Å²) < 4.78 is 18.4. The molecule has 0 aliphatic rings. The van der Waals surface area contributed by atoms with Gasteiger partial charge in [0.25, 0.3) is 0 Å². The molecule has 4 aromatic rings. The molecule has 0 saturated carbocycles. The predicted octanol–water partition coefficient (Wildman–Crippen LogP) is 6.17. The summed E-state index contributed by atoms with van der Waals surface area (Å²) in [6, 6.07) is 26.8. The molecule has 0 aliphatic heterocycles. The van der Waals surface area contributed by atoms with Crippen molar-refractivity contribution < 1.29 is 13.9 Å². The number of carbonyl (C=O) groups excluding carboxylic acids is 1. The summed E-state index contributed by atoms with van der Waals surface area (Å²) in [5.41, 5.74) is 4.07. The highest BCUT2D eigenvalue weighted by Gasteiger charge is 2.17. The molecule has 0 spiro atoms. The van der Waals surface area contributed by atoms with Crippen molar-refractivity contribution in [3.05, 3.63) is 96.3 Å². The molecule has 3 aromatic carbocycles. The number of halogens is 1. The number of aromatic nitrogens is 1. The highest BCUT2D eigenvalue weighted by Crippen LogP contribution is 2.34. The van der Waals surface area contributed by atoms with Crippen molar-refractivity contribution in [1.82, 2.24) is 4.98 Å². The number of rotatable bonds is 7. The maximum atomic E-state index is 13.1. The van der Waals surface area contributed by atoms with Gasteiger partial charge < -0.3 is 10.1 Å². The molecule has 1 heterocycles. The molecule has 0 fully saturated rings.